The Hall–Kier alpha value is -0.120. The summed E-state index contributed by atoms with van der Waals surface area (Å²) in [4.78, 5) is 5.18. The Morgan fingerprint density at radius 3 is 2.68 bits per heavy atom. The monoisotopic (exact) mass is 267 g/mol. The highest BCUT2D eigenvalue weighted by molar-refractivity contribution is 4.90. The average Bonchev–Trinajstić information content (AvgIpc) is 2.45. The van der Waals surface area contributed by atoms with E-state index >= 15 is 0 Å². The van der Waals surface area contributed by atoms with Crippen molar-refractivity contribution in [2.45, 2.75) is 57.5 Å². The molecule has 4 atom stereocenters. The van der Waals surface area contributed by atoms with Crippen molar-refractivity contribution < 1.29 is 0 Å². The molecule has 1 aliphatic carbocycles. The largest absolute Gasteiger partial charge is 0.330 e. The maximum absolute atomic E-state index is 6.04. The van der Waals surface area contributed by atoms with Crippen LogP contribution in [-0.2, 0) is 0 Å². The number of likely N-dealkylation sites (tertiary alicyclic amines) is 1. The molecule has 2 N–H and O–H groups in total. The molecule has 1 saturated heterocycles. The molecular weight excluding hydrogens is 234 g/mol. The predicted octanol–water partition coefficient (Wildman–Crippen LogP) is 2.17. The molecule has 2 rings (SSSR count). The van der Waals surface area contributed by atoms with Crippen molar-refractivity contribution >= 4 is 0 Å². The van der Waals surface area contributed by atoms with Crippen molar-refractivity contribution in [2.24, 2.45) is 17.6 Å². The van der Waals surface area contributed by atoms with Crippen molar-refractivity contribution in [3.63, 3.8) is 0 Å². The Balaban J connectivity index is 1.99. The topological polar surface area (TPSA) is 32.5 Å². The summed E-state index contributed by atoms with van der Waals surface area (Å²) in [7, 11) is 4.62. The van der Waals surface area contributed by atoms with Gasteiger partial charge in [-0.05, 0) is 64.7 Å². The maximum atomic E-state index is 6.04. The van der Waals surface area contributed by atoms with Gasteiger partial charge in [0, 0.05) is 18.6 Å². The van der Waals surface area contributed by atoms with Gasteiger partial charge in [0.15, 0.2) is 0 Å². The van der Waals surface area contributed by atoms with E-state index in [0.717, 1.165) is 30.5 Å². The third-order valence-corrected chi connectivity index (χ3v) is 5.64. The Labute approximate surface area is 119 Å². The lowest BCUT2D eigenvalue weighted by molar-refractivity contribution is 0.0384. The lowest BCUT2D eigenvalue weighted by atomic mass is 9.76. The minimum atomic E-state index is 0.722. The summed E-state index contributed by atoms with van der Waals surface area (Å²) in [6.07, 6.45) is 8.16. The molecule has 19 heavy (non-hydrogen) atoms. The van der Waals surface area contributed by atoms with E-state index in [1.165, 1.54) is 51.6 Å². The van der Waals surface area contributed by atoms with Crippen LogP contribution in [0, 0.1) is 11.8 Å². The molecule has 0 bridgehead atoms. The van der Waals surface area contributed by atoms with E-state index in [9.17, 15) is 0 Å². The SMILES string of the molecule is CCC1CCC(CN)C(N(C)C2CCCN(C)C2)C1. The van der Waals surface area contributed by atoms with E-state index in [0.29, 0.717) is 0 Å². The van der Waals surface area contributed by atoms with Crippen molar-refractivity contribution in [3.05, 3.63) is 0 Å². The van der Waals surface area contributed by atoms with Gasteiger partial charge in [0.25, 0.3) is 0 Å². The number of nitrogens with two attached hydrogens (primary N) is 1. The number of piperidine rings is 1. The predicted molar refractivity (Wildman–Crippen MR) is 82.2 cm³/mol. The fourth-order valence-electron chi connectivity index (χ4n) is 4.18. The van der Waals surface area contributed by atoms with Crippen LogP contribution >= 0.6 is 0 Å². The first-order valence-electron chi connectivity index (χ1n) is 8.26. The van der Waals surface area contributed by atoms with Gasteiger partial charge in [0.05, 0.1) is 0 Å². The summed E-state index contributed by atoms with van der Waals surface area (Å²) >= 11 is 0. The van der Waals surface area contributed by atoms with Crippen molar-refractivity contribution in [1.82, 2.24) is 9.80 Å². The van der Waals surface area contributed by atoms with Crippen molar-refractivity contribution in [3.8, 4) is 0 Å². The number of nitrogens with zero attached hydrogens (tertiary/aromatic N) is 2. The van der Waals surface area contributed by atoms with Gasteiger partial charge in [-0.1, -0.05) is 19.8 Å². The Kier molecular flexibility index (Phi) is 5.67. The van der Waals surface area contributed by atoms with Gasteiger partial charge in [-0.2, -0.15) is 0 Å². The second-order valence-corrected chi connectivity index (χ2v) is 6.87. The van der Waals surface area contributed by atoms with Crippen LogP contribution in [0.4, 0.5) is 0 Å². The fraction of sp³-hybridized carbons (Fsp3) is 1.00. The Bertz CT molecular complexity index is 269. The van der Waals surface area contributed by atoms with Crippen LogP contribution in [-0.4, -0.2) is 55.6 Å². The molecule has 0 aromatic rings. The van der Waals surface area contributed by atoms with Crippen molar-refractivity contribution in [2.75, 3.05) is 33.7 Å². The van der Waals surface area contributed by atoms with Crippen LogP contribution in [0.5, 0.6) is 0 Å². The highest BCUT2D eigenvalue weighted by Gasteiger charge is 2.35. The van der Waals surface area contributed by atoms with E-state index in [4.69, 9.17) is 5.73 Å². The lowest BCUT2D eigenvalue weighted by Crippen LogP contribution is -2.53. The third kappa shape index (κ3) is 3.71. The van der Waals surface area contributed by atoms with Gasteiger partial charge < -0.3 is 10.6 Å². The third-order valence-electron chi connectivity index (χ3n) is 5.64. The highest BCUT2D eigenvalue weighted by Crippen LogP contribution is 2.34. The Morgan fingerprint density at radius 1 is 1.26 bits per heavy atom. The molecule has 4 unspecified atom stereocenters. The van der Waals surface area contributed by atoms with Crippen LogP contribution < -0.4 is 5.73 Å². The van der Waals surface area contributed by atoms with Gasteiger partial charge in [-0.25, -0.2) is 0 Å². The van der Waals surface area contributed by atoms with E-state index in [1.807, 2.05) is 0 Å². The second-order valence-electron chi connectivity index (χ2n) is 6.87. The van der Waals surface area contributed by atoms with E-state index in [1.54, 1.807) is 0 Å². The molecule has 1 aliphatic heterocycles. The Morgan fingerprint density at radius 2 is 2.05 bits per heavy atom. The molecule has 0 amide bonds. The molecule has 2 fully saturated rings. The number of likely N-dealkylation sites (N-methyl/N-ethyl adjacent to an activating group) is 2. The summed E-state index contributed by atoms with van der Waals surface area (Å²) in [5, 5.41) is 0. The smallest absolute Gasteiger partial charge is 0.0223 e. The molecule has 2 aliphatic rings. The van der Waals surface area contributed by atoms with E-state index in [-0.39, 0.29) is 0 Å². The zero-order chi connectivity index (χ0) is 13.8. The zero-order valence-electron chi connectivity index (χ0n) is 13.1. The summed E-state index contributed by atoms with van der Waals surface area (Å²) in [6, 6.07) is 1.47. The van der Waals surface area contributed by atoms with Crippen molar-refractivity contribution in [1.29, 1.82) is 0 Å². The first-order chi connectivity index (χ1) is 9.15. The van der Waals surface area contributed by atoms with Crippen LogP contribution in [0.2, 0.25) is 0 Å². The maximum Gasteiger partial charge on any atom is 0.0223 e. The van der Waals surface area contributed by atoms with Crippen LogP contribution in [0.15, 0.2) is 0 Å². The summed E-state index contributed by atoms with van der Waals surface area (Å²) < 4.78 is 0. The van der Waals surface area contributed by atoms with Gasteiger partial charge in [-0.15, -0.1) is 0 Å². The summed E-state index contributed by atoms with van der Waals surface area (Å²) in [5.74, 6) is 1.65. The molecule has 1 saturated carbocycles. The standard InChI is InChI=1S/C16H33N3/c1-4-13-7-8-14(11-17)16(10-13)19(3)15-6-5-9-18(2)12-15/h13-16H,4-12,17H2,1-3H3. The number of rotatable bonds is 4. The molecule has 3 heteroatoms. The molecule has 0 aromatic carbocycles. The highest BCUT2D eigenvalue weighted by atomic mass is 15.2. The number of hydrogen-bond donors (Lipinski definition) is 1. The first-order valence-corrected chi connectivity index (χ1v) is 8.26. The zero-order valence-corrected chi connectivity index (χ0v) is 13.1. The molecule has 1 heterocycles. The summed E-state index contributed by atoms with van der Waals surface area (Å²) in [6.45, 7) is 5.72. The second kappa shape index (κ2) is 7.05. The van der Waals surface area contributed by atoms with Crippen LogP contribution in [0.1, 0.15) is 45.4 Å². The van der Waals surface area contributed by atoms with Gasteiger partial charge in [0.2, 0.25) is 0 Å². The quantitative estimate of drug-likeness (QED) is 0.847. The van der Waals surface area contributed by atoms with Crippen LogP contribution in [0.25, 0.3) is 0 Å². The van der Waals surface area contributed by atoms with Crippen LogP contribution in [0.3, 0.4) is 0 Å². The fourth-order valence-corrected chi connectivity index (χ4v) is 4.18. The molecule has 0 spiro atoms. The van der Waals surface area contributed by atoms with Gasteiger partial charge in [-0.3, -0.25) is 4.90 Å². The lowest BCUT2D eigenvalue weighted by Gasteiger charge is -2.46. The average molecular weight is 267 g/mol. The first kappa shape index (κ1) is 15.3. The van der Waals surface area contributed by atoms with Gasteiger partial charge in [0.1, 0.15) is 0 Å². The van der Waals surface area contributed by atoms with E-state index in [2.05, 4.69) is 30.8 Å². The number of hydrogen-bond acceptors (Lipinski definition) is 3. The molecule has 0 radical (unpaired) electrons. The molecule has 112 valence electrons. The minimum Gasteiger partial charge on any atom is -0.330 e. The molecule has 0 aromatic heterocycles. The normalized spacial score (nSPS) is 37.7. The molecule has 3 nitrogen and oxygen atoms in total. The van der Waals surface area contributed by atoms with Gasteiger partial charge >= 0.3 is 0 Å². The minimum absolute atomic E-state index is 0.722. The summed E-state index contributed by atoms with van der Waals surface area (Å²) in [5.41, 5.74) is 6.04. The van der Waals surface area contributed by atoms with E-state index < -0.39 is 0 Å². The molecular formula is C16H33N3.